The Morgan fingerprint density at radius 2 is 1.96 bits per heavy atom. The number of nitrogens with zero attached hydrogens (tertiary/aromatic N) is 2. The molecule has 0 saturated carbocycles. The molecular weight excluding hydrogens is 360 g/mol. The smallest absolute Gasteiger partial charge is 0.134 e. The van der Waals surface area contributed by atoms with Gasteiger partial charge in [0.1, 0.15) is 17.4 Å². The Balaban J connectivity index is 1.51. The molecule has 28 heavy (non-hydrogen) atoms. The fourth-order valence-corrected chi connectivity index (χ4v) is 3.95. The number of hydrogen-bond donors (Lipinski definition) is 1. The molecule has 0 spiro atoms. The number of piperidine rings is 1. The second kappa shape index (κ2) is 8.10. The molecule has 146 valence electrons. The number of aromatic nitrogens is 2. The van der Waals surface area contributed by atoms with Crippen molar-refractivity contribution < 1.29 is 13.5 Å². The van der Waals surface area contributed by atoms with Gasteiger partial charge in [-0.2, -0.15) is 5.10 Å². The summed E-state index contributed by atoms with van der Waals surface area (Å²) in [6.07, 6.45) is 3.70. The fourth-order valence-electron chi connectivity index (χ4n) is 3.95. The molecule has 0 aliphatic carbocycles. The van der Waals surface area contributed by atoms with Gasteiger partial charge in [-0.05, 0) is 49.2 Å². The second-order valence-electron chi connectivity index (χ2n) is 7.24. The van der Waals surface area contributed by atoms with Crippen LogP contribution in [0.15, 0.2) is 48.7 Å². The van der Waals surface area contributed by atoms with Crippen molar-refractivity contribution in [2.45, 2.75) is 25.3 Å². The molecule has 4 nitrogen and oxygen atoms in total. The largest absolute Gasteiger partial charge is 0.497 e. The maximum atomic E-state index is 14.3. The zero-order valence-corrected chi connectivity index (χ0v) is 15.8. The zero-order valence-electron chi connectivity index (χ0n) is 15.8. The third kappa shape index (κ3) is 3.92. The standard InChI is InChI=1S/C22H23F2N3O/c1-28-18-7-4-15(5-8-18)13-27-10-2-3-16(14-27)22-20(12-25-26-22)19-9-6-17(23)11-21(19)24/h4-9,11-12,16H,2-3,10,13-14H2,1H3,(H,25,26). The van der Waals surface area contributed by atoms with E-state index in [1.807, 2.05) is 12.1 Å². The first-order valence-corrected chi connectivity index (χ1v) is 9.48. The molecule has 6 heteroatoms. The van der Waals surface area contributed by atoms with Crippen molar-refractivity contribution >= 4 is 0 Å². The van der Waals surface area contributed by atoms with E-state index in [1.54, 1.807) is 13.3 Å². The van der Waals surface area contributed by atoms with Crippen molar-refractivity contribution in [1.82, 2.24) is 15.1 Å². The number of H-pyrrole nitrogens is 1. The summed E-state index contributed by atoms with van der Waals surface area (Å²) in [5.74, 6) is -0.0548. The summed E-state index contributed by atoms with van der Waals surface area (Å²) in [7, 11) is 1.66. The van der Waals surface area contributed by atoms with Gasteiger partial charge in [-0.25, -0.2) is 8.78 Å². The molecule has 0 bridgehead atoms. The van der Waals surface area contributed by atoms with Crippen molar-refractivity contribution in [3.8, 4) is 16.9 Å². The van der Waals surface area contributed by atoms with E-state index in [0.29, 0.717) is 11.1 Å². The van der Waals surface area contributed by atoms with E-state index in [9.17, 15) is 8.78 Å². The van der Waals surface area contributed by atoms with Gasteiger partial charge in [0.15, 0.2) is 0 Å². The van der Waals surface area contributed by atoms with Gasteiger partial charge in [-0.3, -0.25) is 10.00 Å². The summed E-state index contributed by atoms with van der Waals surface area (Å²) >= 11 is 0. The molecule has 0 amide bonds. The number of likely N-dealkylation sites (tertiary alicyclic amines) is 1. The molecule has 2 heterocycles. The van der Waals surface area contributed by atoms with Crippen LogP contribution in [-0.4, -0.2) is 35.3 Å². The number of aromatic amines is 1. The lowest BCUT2D eigenvalue weighted by Crippen LogP contribution is -2.34. The number of ether oxygens (including phenoxy) is 1. The monoisotopic (exact) mass is 383 g/mol. The van der Waals surface area contributed by atoms with Gasteiger partial charge in [-0.1, -0.05) is 12.1 Å². The van der Waals surface area contributed by atoms with Crippen molar-refractivity contribution in [2.24, 2.45) is 0 Å². The first kappa shape index (κ1) is 18.6. The van der Waals surface area contributed by atoms with E-state index in [1.165, 1.54) is 17.7 Å². The molecule has 4 rings (SSSR count). The topological polar surface area (TPSA) is 41.1 Å². The third-order valence-electron chi connectivity index (χ3n) is 5.37. The SMILES string of the molecule is COc1ccc(CN2CCCC(c3[nH]ncc3-c3ccc(F)cc3F)C2)cc1. The molecule has 1 N–H and O–H groups in total. The van der Waals surface area contributed by atoms with Gasteiger partial charge in [0.25, 0.3) is 0 Å². The van der Waals surface area contributed by atoms with E-state index in [-0.39, 0.29) is 5.92 Å². The van der Waals surface area contributed by atoms with Crippen molar-refractivity contribution in [1.29, 1.82) is 0 Å². The molecule has 0 radical (unpaired) electrons. The summed E-state index contributed by atoms with van der Waals surface area (Å²) in [6, 6.07) is 11.8. The van der Waals surface area contributed by atoms with Gasteiger partial charge in [0.05, 0.1) is 13.3 Å². The van der Waals surface area contributed by atoms with Gasteiger partial charge in [0.2, 0.25) is 0 Å². The predicted octanol–water partition coefficient (Wildman–Crippen LogP) is 4.74. The molecular formula is C22H23F2N3O. The van der Waals surface area contributed by atoms with Crippen LogP contribution in [0.3, 0.4) is 0 Å². The first-order chi connectivity index (χ1) is 13.6. The van der Waals surface area contributed by atoms with E-state index >= 15 is 0 Å². The van der Waals surface area contributed by atoms with Crippen LogP contribution in [0.5, 0.6) is 5.75 Å². The first-order valence-electron chi connectivity index (χ1n) is 9.48. The van der Waals surface area contributed by atoms with Crippen LogP contribution < -0.4 is 4.74 Å². The molecule has 1 aliphatic heterocycles. The average Bonchev–Trinajstić information content (AvgIpc) is 3.18. The van der Waals surface area contributed by atoms with E-state index < -0.39 is 11.6 Å². The minimum absolute atomic E-state index is 0.231. The zero-order chi connectivity index (χ0) is 19.5. The number of rotatable bonds is 5. The number of nitrogens with one attached hydrogen (secondary N) is 1. The maximum Gasteiger partial charge on any atom is 0.134 e. The normalized spacial score (nSPS) is 17.6. The maximum absolute atomic E-state index is 14.3. The molecule has 1 saturated heterocycles. The molecule has 1 unspecified atom stereocenters. The van der Waals surface area contributed by atoms with E-state index in [0.717, 1.165) is 50.0 Å². The summed E-state index contributed by atoms with van der Waals surface area (Å²) < 4.78 is 32.8. The highest BCUT2D eigenvalue weighted by atomic mass is 19.1. The minimum atomic E-state index is -0.574. The molecule has 1 aliphatic rings. The highest BCUT2D eigenvalue weighted by Crippen LogP contribution is 2.34. The highest BCUT2D eigenvalue weighted by molar-refractivity contribution is 5.66. The second-order valence-corrected chi connectivity index (χ2v) is 7.24. The van der Waals surface area contributed by atoms with Crippen molar-refractivity contribution in [3.05, 3.63) is 71.6 Å². The molecule has 2 aromatic carbocycles. The summed E-state index contributed by atoms with van der Waals surface area (Å²) in [6.45, 7) is 2.75. The molecule has 1 atom stereocenters. The molecule has 1 aromatic heterocycles. The lowest BCUT2D eigenvalue weighted by molar-refractivity contribution is 0.198. The molecule has 3 aromatic rings. The van der Waals surface area contributed by atoms with Crippen molar-refractivity contribution in [3.63, 3.8) is 0 Å². The minimum Gasteiger partial charge on any atom is -0.497 e. The van der Waals surface area contributed by atoms with E-state index in [4.69, 9.17) is 4.74 Å². The Hall–Kier alpha value is -2.73. The lowest BCUT2D eigenvalue weighted by Gasteiger charge is -2.32. The van der Waals surface area contributed by atoms with Crippen LogP contribution in [0.25, 0.3) is 11.1 Å². The number of methoxy groups -OCH3 is 1. The fraction of sp³-hybridized carbons (Fsp3) is 0.318. The quantitative estimate of drug-likeness (QED) is 0.692. The van der Waals surface area contributed by atoms with Crippen LogP contribution in [-0.2, 0) is 6.54 Å². The highest BCUT2D eigenvalue weighted by Gasteiger charge is 2.26. The summed E-state index contributed by atoms with van der Waals surface area (Å²) in [5, 5.41) is 7.21. The Bertz CT molecular complexity index is 939. The summed E-state index contributed by atoms with van der Waals surface area (Å²) in [5.41, 5.74) is 3.26. The Kier molecular flexibility index (Phi) is 5.39. The average molecular weight is 383 g/mol. The van der Waals surface area contributed by atoms with Crippen LogP contribution >= 0.6 is 0 Å². The van der Waals surface area contributed by atoms with Crippen LogP contribution in [0, 0.1) is 11.6 Å². The van der Waals surface area contributed by atoms with Crippen molar-refractivity contribution in [2.75, 3.05) is 20.2 Å². The Morgan fingerprint density at radius 1 is 1.14 bits per heavy atom. The Labute approximate surface area is 163 Å². The Morgan fingerprint density at radius 3 is 2.71 bits per heavy atom. The lowest BCUT2D eigenvalue weighted by atomic mass is 9.90. The van der Waals surface area contributed by atoms with E-state index in [2.05, 4.69) is 27.2 Å². The van der Waals surface area contributed by atoms with Gasteiger partial charge in [-0.15, -0.1) is 0 Å². The van der Waals surface area contributed by atoms with Crippen LogP contribution in [0.1, 0.15) is 30.0 Å². The molecule has 1 fully saturated rings. The van der Waals surface area contributed by atoms with Gasteiger partial charge >= 0.3 is 0 Å². The summed E-state index contributed by atoms with van der Waals surface area (Å²) in [4.78, 5) is 2.40. The van der Waals surface area contributed by atoms with Crippen LogP contribution in [0.4, 0.5) is 8.78 Å². The van der Waals surface area contributed by atoms with Crippen LogP contribution in [0.2, 0.25) is 0 Å². The van der Waals surface area contributed by atoms with Gasteiger partial charge < -0.3 is 4.74 Å². The number of benzene rings is 2. The predicted molar refractivity (Wildman–Crippen MR) is 104 cm³/mol. The number of halogens is 2. The third-order valence-corrected chi connectivity index (χ3v) is 5.37. The van der Waals surface area contributed by atoms with Gasteiger partial charge in [0, 0.05) is 41.9 Å². The number of hydrogen-bond acceptors (Lipinski definition) is 3.